The molecule has 2 aliphatic rings. The van der Waals surface area contributed by atoms with E-state index in [1.807, 2.05) is 0 Å². The molecule has 0 spiro atoms. The highest BCUT2D eigenvalue weighted by Crippen LogP contribution is 2.34. The molecular formula is C10H21N3O5S2. The zero-order valence-corrected chi connectivity index (χ0v) is 13.4. The molecule has 0 unspecified atom stereocenters. The third kappa shape index (κ3) is 3.31. The Morgan fingerprint density at radius 3 is 2.45 bits per heavy atom. The molecule has 3 atom stereocenters. The highest BCUT2D eigenvalue weighted by molar-refractivity contribution is 7.88. The number of nitrogens with zero attached hydrogens (tertiary/aromatic N) is 2. The summed E-state index contributed by atoms with van der Waals surface area (Å²) < 4.78 is 57.0. The molecule has 2 saturated heterocycles. The molecule has 20 heavy (non-hydrogen) atoms. The van der Waals surface area contributed by atoms with Crippen LogP contribution in [0.2, 0.25) is 0 Å². The molecule has 0 amide bonds. The average molecular weight is 327 g/mol. The fraction of sp³-hybridized carbons (Fsp3) is 1.00. The Kier molecular flexibility index (Phi) is 4.43. The third-order valence-electron chi connectivity index (χ3n) is 3.80. The maximum absolute atomic E-state index is 12.1. The molecule has 0 radical (unpaired) electrons. The summed E-state index contributed by atoms with van der Waals surface area (Å²) in [4.78, 5) is 0. The number of fused-ring (bicyclic) bond motifs is 1. The van der Waals surface area contributed by atoms with Crippen LogP contribution in [-0.2, 0) is 25.0 Å². The van der Waals surface area contributed by atoms with Gasteiger partial charge in [0.15, 0.2) is 0 Å². The predicted octanol–water partition coefficient (Wildman–Crippen LogP) is -1.71. The normalized spacial score (nSPS) is 31.9. The van der Waals surface area contributed by atoms with Gasteiger partial charge in [0.1, 0.15) is 0 Å². The van der Waals surface area contributed by atoms with Crippen LogP contribution in [0.4, 0.5) is 0 Å². The molecule has 2 fully saturated rings. The fourth-order valence-corrected chi connectivity index (χ4v) is 4.33. The summed E-state index contributed by atoms with van der Waals surface area (Å²) in [5.41, 5.74) is 0. The van der Waals surface area contributed by atoms with Crippen molar-refractivity contribution in [3.63, 3.8) is 0 Å². The van der Waals surface area contributed by atoms with Gasteiger partial charge in [-0.2, -0.15) is 17.0 Å². The van der Waals surface area contributed by atoms with Crippen molar-refractivity contribution in [2.45, 2.75) is 6.10 Å². The van der Waals surface area contributed by atoms with Crippen LogP contribution < -0.4 is 4.72 Å². The number of sulfonamides is 1. The zero-order valence-electron chi connectivity index (χ0n) is 11.8. The molecule has 1 N–H and O–H groups in total. The van der Waals surface area contributed by atoms with Crippen molar-refractivity contribution in [2.75, 3.05) is 46.6 Å². The van der Waals surface area contributed by atoms with E-state index in [0.29, 0.717) is 19.7 Å². The second-order valence-electron chi connectivity index (χ2n) is 5.52. The highest BCUT2D eigenvalue weighted by atomic mass is 32.2. The molecule has 0 saturated carbocycles. The van der Waals surface area contributed by atoms with Crippen LogP contribution in [0.15, 0.2) is 0 Å². The Morgan fingerprint density at radius 2 is 1.90 bits per heavy atom. The van der Waals surface area contributed by atoms with Gasteiger partial charge in [-0.05, 0) is 0 Å². The lowest BCUT2D eigenvalue weighted by atomic mass is 9.93. The highest BCUT2D eigenvalue weighted by Gasteiger charge is 2.47. The van der Waals surface area contributed by atoms with Gasteiger partial charge >= 0.3 is 0 Å². The molecule has 0 aromatic heterocycles. The van der Waals surface area contributed by atoms with Gasteiger partial charge in [0.2, 0.25) is 10.0 Å². The number of ether oxygens (including phenoxy) is 1. The number of nitrogens with one attached hydrogen (secondary N) is 1. The average Bonchev–Trinajstić information content (AvgIpc) is 2.84. The van der Waals surface area contributed by atoms with Crippen molar-refractivity contribution in [3.8, 4) is 0 Å². The molecule has 2 aliphatic heterocycles. The fourth-order valence-electron chi connectivity index (χ4n) is 2.65. The number of hydrogen-bond donors (Lipinski definition) is 1. The lowest BCUT2D eigenvalue weighted by molar-refractivity contribution is 0.103. The molecule has 118 valence electrons. The minimum Gasteiger partial charge on any atom is -0.376 e. The van der Waals surface area contributed by atoms with Crippen molar-refractivity contribution in [1.29, 1.82) is 0 Å². The summed E-state index contributed by atoms with van der Waals surface area (Å²) in [7, 11) is -3.69. The van der Waals surface area contributed by atoms with Gasteiger partial charge < -0.3 is 4.74 Å². The van der Waals surface area contributed by atoms with E-state index in [0.717, 1.165) is 6.26 Å². The van der Waals surface area contributed by atoms with Crippen molar-refractivity contribution < 1.29 is 21.6 Å². The first-order chi connectivity index (χ1) is 9.11. The predicted molar refractivity (Wildman–Crippen MR) is 73.7 cm³/mol. The minimum absolute atomic E-state index is 0.0112. The SMILES string of the molecule is CN(C)S(=O)(=O)N1C[C@H]2[C@H](CNS(C)(=O)=O)CO[C@H]2C1. The lowest BCUT2D eigenvalue weighted by Crippen LogP contribution is -2.40. The van der Waals surface area contributed by atoms with Crippen LogP contribution in [0.5, 0.6) is 0 Å². The largest absolute Gasteiger partial charge is 0.376 e. The van der Waals surface area contributed by atoms with Crippen LogP contribution in [0.25, 0.3) is 0 Å². The summed E-state index contributed by atoms with van der Waals surface area (Å²) >= 11 is 0. The molecule has 2 rings (SSSR count). The van der Waals surface area contributed by atoms with E-state index in [1.54, 1.807) is 0 Å². The van der Waals surface area contributed by atoms with Gasteiger partial charge in [0, 0.05) is 45.6 Å². The smallest absolute Gasteiger partial charge is 0.281 e. The van der Waals surface area contributed by atoms with E-state index in [1.165, 1.54) is 22.7 Å². The topological polar surface area (TPSA) is 96.0 Å². The summed E-state index contributed by atoms with van der Waals surface area (Å²) in [5.74, 6) is 0.0519. The number of rotatable bonds is 5. The lowest BCUT2D eigenvalue weighted by Gasteiger charge is -2.22. The first-order valence-corrected chi connectivity index (χ1v) is 9.64. The summed E-state index contributed by atoms with van der Waals surface area (Å²) in [6, 6.07) is 0. The summed E-state index contributed by atoms with van der Waals surface area (Å²) in [6.07, 6.45) is 0.966. The molecule has 0 aromatic rings. The van der Waals surface area contributed by atoms with Gasteiger partial charge in [-0.25, -0.2) is 13.1 Å². The van der Waals surface area contributed by atoms with Gasteiger partial charge in [-0.1, -0.05) is 0 Å². The van der Waals surface area contributed by atoms with E-state index in [9.17, 15) is 16.8 Å². The standard InChI is InChI=1S/C10H21N3O5S2/c1-12(2)20(16,17)13-5-9-8(4-11-19(3,14)15)7-18-10(9)6-13/h8-11H,4-7H2,1-3H3/t8-,9+,10+/m1/s1. The van der Waals surface area contributed by atoms with Crippen LogP contribution in [0, 0.1) is 11.8 Å². The molecule has 10 heteroatoms. The minimum atomic E-state index is -3.44. The van der Waals surface area contributed by atoms with E-state index < -0.39 is 20.2 Å². The second kappa shape index (κ2) is 5.50. The Labute approximate surface area is 120 Å². The Balaban J connectivity index is 2.01. The maximum Gasteiger partial charge on any atom is 0.281 e. The monoisotopic (exact) mass is 327 g/mol. The quantitative estimate of drug-likeness (QED) is 0.649. The van der Waals surface area contributed by atoms with Gasteiger partial charge in [0.25, 0.3) is 10.2 Å². The Bertz CT molecular complexity index is 559. The molecule has 0 aliphatic carbocycles. The third-order valence-corrected chi connectivity index (χ3v) is 6.37. The summed E-state index contributed by atoms with van der Waals surface area (Å²) in [5, 5.41) is 0. The Hall–Kier alpha value is -0.260. The molecule has 0 aromatic carbocycles. The van der Waals surface area contributed by atoms with Gasteiger partial charge in [-0.15, -0.1) is 0 Å². The van der Waals surface area contributed by atoms with E-state index in [-0.39, 0.29) is 24.5 Å². The zero-order chi connectivity index (χ0) is 15.1. The van der Waals surface area contributed by atoms with Crippen LogP contribution in [0.3, 0.4) is 0 Å². The van der Waals surface area contributed by atoms with Crippen LogP contribution in [0.1, 0.15) is 0 Å². The van der Waals surface area contributed by atoms with Crippen LogP contribution in [-0.4, -0.2) is 78.1 Å². The Morgan fingerprint density at radius 1 is 1.25 bits per heavy atom. The van der Waals surface area contributed by atoms with Gasteiger partial charge in [-0.3, -0.25) is 0 Å². The van der Waals surface area contributed by atoms with E-state index in [4.69, 9.17) is 4.74 Å². The van der Waals surface area contributed by atoms with Crippen LogP contribution >= 0.6 is 0 Å². The number of hydrogen-bond acceptors (Lipinski definition) is 5. The van der Waals surface area contributed by atoms with Crippen molar-refractivity contribution in [1.82, 2.24) is 13.3 Å². The molecule has 0 bridgehead atoms. The summed E-state index contributed by atoms with van der Waals surface area (Å²) in [6.45, 7) is 1.46. The molecule has 2 heterocycles. The van der Waals surface area contributed by atoms with Crippen molar-refractivity contribution >= 4 is 20.2 Å². The molecular weight excluding hydrogens is 306 g/mol. The first kappa shape index (κ1) is 16.1. The van der Waals surface area contributed by atoms with E-state index in [2.05, 4.69) is 4.72 Å². The first-order valence-electron chi connectivity index (χ1n) is 6.35. The van der Waals surface area contributed by atoms with Gasteiger partial charge in [0.05, 0.1) is 19.0 Å². The van der Waals surface area contributed by atoms with E-state index >= 15 is 0 Å². The van der Waals surface area contributed by atoms with Crippen molar-refractivity contribution in [2.24, 2.45) is 11.8 Å². The van der Waals surface area contributed by atoms with Crippen molar-refractivity contribution in [3.05, 3.63) is 0 Å². The second-order valence-corrected chi connectivity index (χ2v) is 9.50. The molecule has 8 nitrogen and oxygen atoms in total. The maximum atomic E-state index is 12.1.